The number of anilines is 1. The van der Waals surface area contributed by atoms with Gasteiger partial charge in [0.15, 0.2) is 0 Å². The number of hydrogen-bond acceptors (Lipinski definition) is 2. The van der Waals surface area contributed by atoms with E-state index >= 15 is 0 Å². The third-order valence-corrected chi connectivity index (χ3v) is 3.95. The molecule has 1 saturated carbocycles. The van der Waals surface area contributed by atoms with Crippen molar-refractivity contribution >= 4 is 11.6 Å². The number of rotatable bonds is 5. The third-order valence-electron chi connectivity index (χ3n) is 3.95. The predicted octanol–water partition coefficient (Wildman–Crippen LogP) is 2.76. The van der Waals surface area contributed by atoms with Gasteiger partial charge >= 0.3 is 0 Å². The molecule has 1 amide bonds. The molecule has 0 saturated heterocycles. The lowest BCUT2D eigenvalue weighted by Gasteiger charge is -2.21. The molecule has 0 heterocycles. The van der Waals surface area contributed by atoms with Crippen LogP contribution in [0.15, 0.2) is 24.3 Å². The van der Waals surface area contributed by atoms with E-state index in [-0.39, 0.29) is 5.92 Å². The fourth-order valence-corrected chi connectivity index (χ4v) is 2.37. The molecule has 0 aliphatic heterocycles. The standard InChI is InChI=1S/C16H24N2O/c1-5-18(16(19)15-10-12(15)2)11-13-6-8-14(9-7-13)17(3)4/h6-9,12,15H,5,10-11H2,1-4H3. The van der Waals surface area contributed by atoms with E-state index in [9.17, 15) is 4.79 Å². The summed E-state index contributed by atoms with van der Waals surface area (Å²) in [5.74, 6) is 1.19. The smallest absolute Gasteiger partial charge is 0.226 e. The van der Waals surface area contributed by atoms with Crippen LogP contribution in [0.3, 0.4) is 0 Å². The number of carbonyl (C=O) groups excluding carboxylic acids is 1. The molecule has 0 aromatic heterocycles. The molecule has 104 valence electrons. The van der Waals surface area contributed by atoms with Gasteiger partial charge in [0.25, 0.3) is 0 Å². The molecule has 1 aliphatic rings. The Morgan fingerprint density at radius 2 is 1.84 bits per heavy atom. The molecule has 2 rings (SSSR count). The maximum absolute atomic E-state index is 12.2. The van der Waals surface area contributed by atoms with Crippen molar-refractivity contribution in [1.82, 2.24) is 4.90 Å². The largest absolute Gasteiger partial charge is 0.378 e. The Morgan fingerprint density at radius 3 is 2.26 bits per heavy atom. The second kappa shape index (κ2) is 5.64. The Balaban J connectivity index is 1.99. The molecule has 19 heavy (non-hydrogen) atoms. The van der Waals surface area contributed by atoms with Crippen LogP contribution in [0.1, 0.15) is 25.8 Å². The van der Waals surface area contributed by atoms with E-state index in [1.807, 2.05) is 19.0 Å². The molecular formula is C16H24N2O. The van der Waals surface area contributed by atoms with Crippen molar-refractivity contribution in [1.29, 1.82) is 0 Å². The highest BCUT2D eigenvalue weighted by molar-refractivity contribution is 5.81. The lowest BCUT2D eigenvalue weighted by atomic mass is 10.1. The summed E-state index contributed by atoms with van der Waals surface area (Å²) in [5, 5.41) is 0. The summed E-state index contributed by atoms with van der Waals surface area (Å²) in [6.07, 6.45) is 1.06. The number of carbonyl (C=O) groups is 1. The van der Waals surface area contributed by atoms with Crippen molar-refractivity contribution in [2.75, 3.05) is 25.5 Å². The minimum absolute atomic E-state index is 0.279. The topological polar surface area (TPSA) is 23.6 Å². The van der Waals surface area contributed by atoms with E-state index in [1.165, 1.54) is 11.3 Å². The van der Waals surface area contributed by atoms with Gasteiger partial charge in [0, 0.05) is 38.8 Å². The van der Waals surface area contributed by atoms with Gasteiger partial charge in [-0.1, -0.05) is 19.1 Å². The van der Waals surface area contributed by atoms with Crippen molar-refractivity contribution in [3.05, 3.63) is 29.8 Å². The molecule has 0 bridgehead atoms. The Hall–Kier alpha value is -1.51. The van der Waals surface area contributed by atoms with Crippen molar-refractivity contribution in [2.24, 2.45) is 11.8 Å². The molecule has 0 radical (unpaired) electrons. The minimum Gasteiger partial charge on any atom is -0.378 e. The maximum atomic E-state index is 12.2. The number of amides is 1. The van der Waals surface area contributed by atoms with E-state index in [0.717, 1.165) is 19.5 Å². The number of nitrogens with zero attached hydrogens (tertiary/aromatic N) is 2. The van der Waals surface area contributed by atoms with Crippen LogP contribution >= 0.6 is 0 Å². The van der Waals surface area contributed by atoms with Gasteiger partial charge in [-0.25, -0.2) is 0 Å². The minimum atomic E-state index is 0.279. The van der Waals surface area contributed by atoms with Crippen molar-refractivity contribution in [3.63, 3.8) is 0 Å². The van der Waals surface area contributed by atoms with Crippen LogP contribution in [0.2, 0.25) is 0 Å². The Morgan fingerprint density at radius 1 is 1.26 bits per heavy atom. The Kier molecular flexibility index (Phi) is 4.13. The normalized spacial score (nSPS) is 21.1. The Bertz CT molecular complexity index is 439. The molecule has 3 heteroatoms. The second-order valence-electron chi connectivity index (χ2n) is 5.73. The van der Waals surface area contributed by atoms with Crippen molar-refractivity contribution in [3.8, 4) is 0 Å². The SMILES string of the molecule is CCN(Cc1ccc(N(C)C)cc1)C(=O)C1CC1C. The Labute approximate surface area is 116 Å². The summed E-state index contributed by atoms with van der Waals surface area (Å²) in [5.41, 5.74) is 2.39. The number of hydrogen-bond donors (Lipinski definition) is 0. The first-order valence-corrected chi connectivity index (χ1v) is 7.08. The summed E-state index contributed by atoms with van der Waals surface area (Å²) < 4.78 is 0. The monoisotopic (exact) mass is 260 g/mol. The van der Waals surface area contributed by atoms with Gasteiger partial charge in [0.1, 0.15) is 0 Å². The highest BCUT2D eigenvalue weighted by Crippen LogP contribution is 2.39. The summed E-state index contributed by atoms with van der Waals surface area (Å²) in [7, 11) is 4.07. The summed E-state index contributed by atoms with van der Waals surface area (Å²) in [6.45, 7) is 5.73. The first-order chi connectivity index (χ1) is 9.02. The molecule has 0 spiro atoms. The molecule has 3 nitrogen and oxygen atoms in total. The zero-order valence-corrected chi connectivity index (χ0v) is 12.4. The van der Waals surface area contributed by atoms with Crippen LogP contribution < -0.4 is 4.90 Å². The zero-order valence-electron chi connectivity index (χ0n) is 12.4. The van der Waals surface area contributed by atoms with Gasteiger partial charge in [0.2, 0.25) is 5.91 Å². The molecule has 2 atom stereocenters. The molecule has 1 aromatic rings. The molecule has 2 unspecified atom stereocenters. The van der Waals surface area contributed by atoms with Crippen LogP contribution in [0.4, 0.5) is 5.69 Å². The molecule has 1 fully saturated rings. The quantitative estimate of drug-likeness (QED) is 0.812. The summed E-state index contributed by atoms with van der Waals surface area (Å²) in [4.78, 5) is 16.3. The van der Waals surface area contributed by atoms with Gasteiger partial charge in [0.05, 0.1) is 0 Å². The maximum Gasteiger partial charge on any atom is 0.226 e. The zero-order chi connectivity index (χ0) is 14.0. The lowest BCUT2D eigenvalue weighted by molar-refractivity contribution is -0.133. The van der Waals surface area contributed by atoms with Gasteiger partial charge < -0.3 is 9.80 Å². The summed E-state index contributed by atoms with van der Waals surface area (Å²) in [6, 6.07) is 8.43. The second-order valence-corrected chi connectivity index (χ2v) is 5.73. The van der Waals surface area contributed by atoms with Crippen molar-refractivity contribution in [2.45, 2.75) is 26.8 Å². The first-order valence-electron chi connectivity index (χ1n) is 7.08. The van der Waals surface area contributed by atoms with Crippen LogP contribution in [0, 0.1) is 11.8 Å². The van der Waals surface area contributed by atoms with Crippen LogP contribution in [0.5, 0.6) is 0 Å². The van der Waals surface area contributed by atoms with Gasteiger partial charge in [-0.05, 0) is 37.0 Å². The van der Waals surface area contributed by atoms with E-state index in [1.54, 1.807) is 0 Å². The van der Waals surface area contributed by atoms with Crippen LogP contribution in [-0.4, -0.2) is 31.4 Å². The lowest BCUT2D eigenvalue weighted by Crippen LogP contribution is -2.31. The average molecular weight is 260 g/mol. The third kappa shape index (κ3) is 3.28. The fraction of sp³-hybridized carbons (Fsp3) is 0.562. The molecule has 0 N–H and O–H groups in total. The average Bonchev–Trinajstić information content (AvgIpc) is 3.13. The van der Waals surface area contributed by atoms with Crippen LogP contribution in [0.25, 0.3) is 0 Å². The van der Waals surface area contributed by atoms with Gasteiger partial charge in [-0.15, -0.1) is 0 Å². The highest BCUT2D eigenvalue weighted by atomic mass is 16.2. The van der Waals surface area contributed by atoms with E-state index in [0.29, 0.717) is 11.8 Å². The molecular weight excluding hydrogens is 236 g/mol. The fourth-order valence-electron chi connectivity index (χ4n) is 2.37. The van der Waals surface area contributed by atoms with Crippen LogP contribution in [-0.2, 0) is 11.3 Å². The molecule has 1 aromatic carbocycles. The summed E-state index contributed by atoms with van der Waals surface area (Å²) >= 11 is 0. The van der Waals surface area contributed by atoms with E-state index in [2.05, 4.69) is 43.0 Å². The predicted molar refractivity (Wildman–Crippen MR) is 79.1 cm³/mol. The van der Waals surface area contributed by atoms with Gasteiger partial charge in [-0.2, -0.15) is 0 Å². The van der Waals surface area contributed by atoms with E-state index < -0.39 is 0 Å². The molecule has 1 aliphatic carbocycles. The highest BCUT2D eigenvalue weighted by Gasteiger charge is 2.41. The van der Waals surface area contributed by atoms with Gasteiger partial charge in [-0.3, -0.25) is 4.79 Å². The van der Waals surface area contributed by atoms with E-state index in [4.69, 9.17) is 0 Å². The number of benzene rings is 1. The van der Waals surface area contributed by atoms with Crippen molar-refractivity contribution < 1.29 is 4.79 Å². The first kappa shape index (κ1) is 13.9.